The number of nitrogens with zero attached hydrogens (tertiary/aromatic N) is 2. The predicted molar refractivity (Wildman–Crippen MR) is 39.6 cm³/mol. The van der Waals surface area contributed by atoms with E-state index in [1.165, 1.54) is 0 Å². The summed E-state index contributed by atoms with van der Waals surface area (Å²) in [5, 5.41) is 0. The minimum Gasteiger partial charge on any atom is -0.241 e. The van der Waals surface area contributed by atoms with Crippen molar-refractivity contribution in [3.8, 4) is 0 Å². The second-order valence-corrected chi connectivity index (χ2v) is 2.09. The van der Waals surface area contributed by atoms with Crippen LogP contribution in [0.5, 0.6) is 0 Å². The predicted octanol–water partition coefficient (Wildman–Crippen LogP) is 0.949. The fourth-order valence-corrected chi connectivity index (χ4v) is 0.759. The van der Waals surface area contributed by atoms with Gasteiger partial charge >= 0.3 is 0 Å². The van der Waals surface area contributed by atoms with Crippen molar-refractivity contribution in [2.75, 3.05) is 5.75 Å². The summed E-state index contributed by atoms with van der Waals surface area (Å²) in [6, 6.07) is 1.81. The van der Waals surface area contributed by atoms with Crippen molar-refractivity contribution < 1.29 is 0 Å². The lowest BCUT2D eigenvalue weighted by Crippen LogP contribution is -1.92. The lowest BCUT2D eigenvalue weighted by Gasteiger charge is -1.91. The van der Waals surface area contributed by atoms with Crippen LogP contribution in [0.2, 0.25) is 0 Å². The molecule has 1 aromatic heterocycles. The van der Waals surface area contributed by atoms with Gasteiger partial charge in [-0.25, -0.2) is 9.97 Å². The molecular formula is C6H8N2S. The number of hydrogen-bond acceptors (Lipinski definition) is 3. The van der Waals surface area contributed by atoms with E-state index < -0.39 is 0 Å². The molecule has 3 heteroatoms. The molecule has 0 amide bonds. The zero-order chi connectivity index (χ0) is 6.53. The highest BCUT2D eigenvalue weighted by Gasteiger charge is 1.88. The van der Waals surface area contributed by atoms with Crippen LogP contribution in [0.4, 0.5) is 0 Å². The number of rotatable bonds is 2. The Morgan fingerprint density at radius 3 is 2.56 bits per heavy atom. The molecule has 2 nitrogen and oxygen atoms in total. The Labute approximate surface area is 59.8 Å². The first-order valence-corrected chi connectivity index (χ1v) is 3.43. The van der Waals surface area contributed by atoms with Crippen molar-refractivity contribution >= 4 is 12.6 Å². The number of aryl methyl sites for hydroxylation is 1. The van der Waals surface area contributed by atoms with Crippen LogP contribution in [0.3, 0.4) is 0 Å². The Hall–Kier alpha value is -0.570. The maximum atomic E-state index is 4.05. The van der Waals surface area contributed by atoms with Gasteiger partial charge in [-0.3, -0.25) is 0 Å². The first-order chi connectivity index (χ1) is 4.43. The first-order valence-electron chi connectivity index (χ1n) is 2.80. The van der Waals surface area contributed by atoms with E-state index in [1.54, 1.807) is 12.4 Å². The maximum absolute atomic E-state index is 4.05. The summed E-state index contributed by atoms with van der Waals surface area (Å²) in [5.41, 5.74) is 0. The molecule has 1 heterocycles. The van der Waals surface area contributed by atoms with Crippen molar-refractivity contribution in [3.05, 3.63) is 24.3 Å². The number of aromatic nitrogens is 2. The topological polar surface area (TPSA) is 25.8 Å². The quantitative estimate of drug-likeness (QED) is 0.619. The highest BCUT2D eigenvalue weighted by molar-refractivity contribution is 7.80. The molecule has 0 aliphatic rings. The lowest BCUT2D eigenvalue weighted by molar-refractivity contribution is 0.949. The van der Waals surface area contributed by atoms with Crippen LogP contribution in [0.25, 0.3) is 0 Å². The minimum absolute atomic E-state index is 0.810. The van der Waals surface area contributed by atoms with Crippen LogP contribution in [-0.2, 0) is 6.42 Å². The molecule has 0 bridgehead atoms. The molecule has 0 saturated carbocycles. The molecule has 1 aromatic rings. The first kappa shape index (κ1) is 6.55. The summed E-state index contributed by atoms with van der Waals surface area (Å²) in [5.74, 6) is 1.68. The van der Waals surface area contributed by atoms with E-state index >= 15 is 0 Å². The van der Waals surface area contributed by atoms with Gasteiger partial charge in [0.1, 0.15) is 5.82 Å². The monoisotopic (exact) mass is 140 g/mol. The summed E-state index contributed by atoms with van der Waals surface area (Å²) in [6.45, 7) is 0. The summed E-state index contributed by atoms with van der Waals surface area (Å²) in [4.78, 5) is 8.02. The zero-order valence-electron chi connectivity index (χ0n) is 4.99. The minimum atomic E-state index is 0.810. The Balaban J connectivity index is 2.61. The molecule has 0 atom stereocenters. The van der Waals surface area contributed by atoms with E-state index in [9.17, 15) is 0 Å². The third kappa shape index (κ3) is 2.01. The van der Waals surface area contributed by atoms with Crippen molar-refractivity contribution in [2.24, 2.45) is 0 Å². The molecule has 48 valence electrons. The summed E-state index contributed by atoms with van der Waals surface area (Å²) >= 11 is 4.05. The molecule has 0 N–H and O–H groups in total. The van der Waals surface area contributed by atoms with Gasteiger partial charge in [-0.15, -0.1) is 0 Å². The summed E-state index contributed by atoms with van der Waals surface area (Å²) in [6.07, 6.45) is 4.33. The fraction of sp³-hybridized carbons (Fsp3) is 0.333. The van der Waals surface area contributed by atoms with Gasteiger partial charge in [0.2, 0.25) is 0 Å². The largest absolute Gasteiger partial charge is 0.241 e. The SMILES string of the molecule is SCCc1ncccn1. The molecule has 0 spiro atoms. The summed E-state index contributed by atoms with van der Waals surface area (Å²) < 4.78 is 0. The number of thiol groups is 1. The molecule has 0 saturated heterocycles. The highest BCUT2D eigenvalue weighted by Crippen LogP contribution is 1.89. The molecule has 0 aromatic carbocycles. The van der Waals surface area contributed by atoms with Crippen LogP contribution in [0.15, 0.2) is 18.5 Å². The van der Waals surface area contributed by atoms with E-state index in [1.807, 2.05) is 6.07 Å². The second kappa shape index (κ2) is 3.45. The van der Waals surface area contributed by atoms with Gasteiger partial charge in [0.05, 0.1) is 0 Å². The summed E-state index contributed by atoms with van der Waals surface area (Å²) in [7, 11) is 0. The van der Waals surface area contributed by atoms with E-state index in [4.69, 9.17) is 0 Å². The van der Waals surface area contributed by atoms with Crippen molar-refractivity contribution in [2.45, 2.75) is 6.42 Å². The van der Waals surface area contributed by atoms with E-state index in [0.717, 1.165) is 18.0 Å². The smallest absolute Gasteiger partial charge is 0.129 e. The molecular weight excluding hydrogens is 132 g/mol. The Morgan fingerprint density at radius 2 is 2.00 bits per heavy atom. The molecule has 0 unspecified atom stereocenters. The standard InChI is InChI=1S/C6H8N2S/c9-5-2-6-7-3-1-4-8-6/h1,3-4,9H,2,5H2. The third-order valence-electron chi connectivity index (χ3n) is 0.955. The van der Waals surface area contributed by atoms with Crippen LogP contribution in [-0.4, -0.2) is 15.7 Å². The Morgan fingerprint density at radius 1 is 1.33 bits per heavy atom. The van der Waals surface area contributed by atoms with Gasteiger partial charge in [-0.05, 0) is 11.8 Å². The normalized spacial score (nSPS) is 9.44. The van der Waals surface area contributed by atoms with Gasteiger partial charge in [0.15, 0.2) is 0 Å². The van der Waals surface area contributed by atoms with Gasteiger partial charge < -0.3 is 0 Å². The van der Waals surface area contributed by atoms with E-state index in [-0.39, 0.29) is 0 Å². The van der Waals surface area contributed by atoms with Gasteiger partial charge in [0, 0.05) is 18.8 Å². The number of hydrogen-bond donors (Lipinski definition) is 1. The van der Waals surface area contributed by atoms with Crippen LogP contribution in [0, 0.1) is 0 Å². The zero-order valence-corrected chi connectivity index (χ0v) is 5.88. The molecule has 1 rings (SSSR count). The fourth-order valence-electron chi connectivity index (χ4n) is 0.559. The van der Waals surface area contributed by atoms with Crippen LogP contribution >= 0.6 is 12.6 Å². The Kier molecular flexibility index (Phi) is 2.51. The Bertz CT molecular complexity index is 164. The highest BCUT2D eigenvalue weighted by atomic mass is 32.1. The molecule has 9 heavy (non-hydrogen) atoms. The van der Waals surface area contributed by atoms with Crippen LogP contribution < -0.4 is 0 Å². The molecule has 0 fully saturated rings. The van der Waals surface area contributed by atoms with Crippen LogP contribution in [0.1, 0.15) is 5.82 Å². The van der Waals surface area contributed by atoms with Crippen molar-refractivity contribution in [1.29, 1.82) is 0 Å². The van der Waals surface area contributed by atoms with Gasteiger partial charge in [-0.1, -0.05) is 0 Å². The molecule has 0 aliphatic carbocycles. The third-order valence-corrected chi connectivity index (χ3v) is 1.18. The average Bonchev–Trinajstić information content (AvgIpc) is 1.91. The lowest BCUT2D eigenvalue weighted by atomic mass is 10.4. The van der Waals surface area contributed by atoms with E-state index in [0.29, 0.717) is 0 Å². The average molecular weight is 140 g/mol. The van der Waals surface area contributed by atoms with Gasteiger partial charge in [-0.2, -0.15) is 12.6 Å². The van der Waals surface area contributed by atoms with Crippen molar-refractivity contribution in [3.63, 3.8) is 0 Å². The van der Waals surface area contributed by atoms with E-state index in [2.05, 4.69) is 22.6 Å². The second-order valence-electron chi connectivity index (χ2n) is 1.64. The van der Waals surface area contributed by atoms with Crippen molar-refractivity contribution in [1.82, 2.24) is 9.97 Å². The van der Waals surface area contributed by atoms with Gasteiger partial charge in [0.25, 0.3) is 0 Å². The maximum Gasteiger partial charge on any atom is 0.129 e. The molecule has 0 aliphatic heterocycles. The molecule has 0 radical (unpaired) electrons.